The number of hydrogen-bond acceptors (Lipinski definition) is 3. The van der Waals surface area contributed by atoms with Crippen LogP contribution in [-0.4, -0.2) is 19.8 Å². The third-order valence-corrected chi connectivity index (χ3v) is 5.10. The summed E-state index contributed by atoms with van der Waals surface area (Å²) in [4.78, 5) is 0. The predicted molar refractivity (Wildman–Crippen MR) is 129 cm³/mol. The minimum absolute atomic E-state index is 0. The number of ether oxygens (including phenoxy) is 2. The van der Waals surface area contributed by atoms with Gasteiger partial charge in [0.1, 0.15) is 12.4 Å². The second-order valence-electron chi connectivity index (χ2n) is 7.53. The first-order valence-electron chi connectivity index (χ1n) is 10.8. The summed E-state index contributed by atoms with van der Waals surface area (Å²) in [6.07, 6.45) is 3.35. The van der Waals surface area contributed by atoms with E-state index in [4.69, 9.17) is 9.47 Å². The molecule has 0 saturated heterocycles. The van der Waals surface area contributed by atoms with Crippen LogP contribution < -0.4 is 10.1 Å². The normalized spacial score (nSPS) is 10.7. The van der Waals surface area contributed by atoms with Gasteiger partial charge >= 0.3 is 0 Å². The summed E-state index contributed by atoms with van der Waals surface area (Å²) in [7, 11) is 0. The van der Waals surface area contributed by atoms with Gasteiger partial charge in [-0.05, 0) is 48.7 Å². The zero-order chi connectivity index (χ0) is 20.3. The second kappa shape index (κ2) is 13.3. The van der Waals surface area contributed by atoms with Crippen LogP contribution in [0.3, 0.4) is 0 Å². The number of benzene rings is 3. The molecule has 30 heavy (non-hydrogen) atoms. The lowest BCUT2D eigenvalue weighted by atomic mass is 10.0. The quantitative estimate of drug-likeness (QED) is 0.337. The molecule has 0 unspecified atom stereocenters. The third-order valence-electron chi connectivity index (χ3n) is 5.10. The molecule has 0 aliphatic rings. The zero-order valence-corrected chi connectivity index (χ0v) is 19.0. The Labute approximate surface area is 187 Å². The van der Waals surface area contributed by atoms with Crippen LogP contribution in [0.15, 0.2) is 60.7 Å². The van der Waals surface area contributed by atoms with Crippen molar-refractivity contribution in [1.82, 2.24) is 5.32 Å². The van der Waals surface area contributed by atoms with Gasteiger partial charge in [-0.3, -0.25) is 0 Å². The molecule has 3 aromatic rings. The molecule has 0 fully saturated rings. The van der Waals surface area contributed by atoms with E-state index in [0.717, 1.165) is 44.9 Å². The minimum Gasteiger partial charge on any atom is -0.489 e. The van der Waals surface area contributed by atoms with E-state index in [9.17, 15) is 0 Å². The summed E-state index contributed by atoms with van der Waals surface area (Å²) in [5, 5.41) is 6.07. The van der Waals surface area contributed by atoms with Gasteiger partial charge in [-0.25, -0.2) is 0 Å². The van der Waals surface area contributed by atoms with Crippen LogP contribution in [0, 0.1) is 6.92 Å². The molecular formula is C26H34ClNO2. The topological polar surface area (TPSA) is 30.5 Å². The molecule has 0 heterocycles. The fraction of sp³-hybridized carbons (Fsp3) is 0.385. The molecule has 1 N–H and O–H groups in total. The summed E-state index contributed by atoms with van der Waals surface area (Å²) >= 11 is 0. The van der Waals surface area contributed by atoms with Crippen molar-refractivity contribution < 1.29 is 9.47 Å². The molecule has 3 nitrogen and oxygen atoms in total. The van der Waals surface area contributed by atoms with Gasteiger partial charge in [0.05, 0.1) is 0 Å². The Morgan fingerprint density at radius 1 is 0.867 bits per heavy atom. The number of aryl methyl sites for hydroxylation is 1. The van der Waals surface area contributed by atoms with Crippen molar-refractivity contribution in [2.24, 2.45) is 0 Å². The lowest BCUT2D eigenvalue weighted by molar-refractivity contribution is 0.128. The Morgan fingerprint density at radius 2 is 1.63 bits per heavy atom. The lowest BCUT2D eigenvalue weighted by Gasteiger charge is -2.15. The van der Waals surface area contributed by atoms with E-state index in [1.54, 1.807) is 0 Å². The van der Waals surface area contributed by atoms with Crippen molar-refractivity contribution in [2.45, 2.75) is 46.3 Å². The van der Waals surface area contributed by atoms with E-state index >= 15 is 0 Å². The summed E-state index contributed by atoms with van der Waals surface area (Å²) < 4.78 is 11.9. The highest BCUT2D eigenvalue weighted by Crippen LogP contribution is 2.28. The van der Waals surface area contributed by atoms with Crippen molar-refractivity contribution in [3.8, 4) is 5.75 Å². The molecule has 4 heteroatoms. The molecule has 0 atom stereocenters. The van der Waals surface area contributed by atoms with Crippen LogP contribution in [0.25, 0.3) is 10.8 Å². The maximum absolute atomic E-state index is 6.23. The Kier molecular flexibility index (Phi) is 10.7. The minimum atomic E-state index is 0. The van der Waals surface area contributed by atoms with Crippen LogP contribution in [0.5, 0.6) is 5.75 Å². The van der Waals surface area contributed by atoms with Crippen LogP contribution in [0.4, 0.5) is 0 Å². The standard InChI is InChI=1S/C26H33NO2.ClH/c1-3-4-17-28-18-7-16-27-19-25-24-9-6-5-8-23(24)14-15-26(25)29-20-22-12-10-21(2)11-13-22;/h5-6,8-15,27H,3-4,7,16-20H2,1-2H3;1H. The number of hydrogen-bond donors (Lipinski definition) is 1. The fourth-order valence-corrected chi connectivity index (χ4v) is 3.34. The summed E-state index contributed by atoms with van der Waals surface area (Å²) in [6, 6.07) is 21.3. The van der Waals surface area contributed by atoms with Gasteiger partial charge < -0.3 is 14.8 Å². The molecule has 0 bridgehead atoms. The maximum atomic E-state index is 6.23. The molecule has 162 valence electrons. The smallest absolute Gasteiger partial charge is 0.124 e. The van der Waals surface area contributed by atoms with Crippen LogP contribution in [0.2, 0.25) is 0 Å². The molecule has 0 aromatic heterocycles. The second-order valence-corrected chi connectivity index (χ2v) is 7.53. The molecule has 0 spiro atoms. The number of halogens is 1. The zero-order valence-electron chi connectivity index (χ0n) is 18.2. The lowest BCUT2D eigenvalue weighted by Crippen LogP contribution is -2.17. The Hall–Kier alpha value is -2.07. The molecule has 0 saturated carbocycles. The Bertz CT molecular complexity index is 880. The first-order chi connectivity index (χ1) is 14.3. The van der Waals surface area contributed by atoms with E-state index in [2.05, 4.69) is 79.8 Å². The first kappa shape index (κ1) is 24.2. The molecule has 0 aliphatic heterocycles. The predicted octanol–water partition coefficient (Wildman–Crippen LogP) is 6.45. The van der Waals surface area contributed by atoms with Crippen molar-refractivity contribution >= 4 is 23.2 Å². The highest BCUT2D eigenvalue weighted by molar-refractivity contribution is 5.87. The monoisotopic (exact) mass is 427 g/mol. The van der Waals surface area contributed by atoms with E-state index < -0.39 is 0 Å². The van der Waals surface area contributed by atoms with Gasteiger partial charge in [0.2, 0.25) is 0 Å². The SMILES string of the molecule is CCCCOCCCNCc1c(OCc2ccc(C)cc2)ccc2ccccc12.Cl. The summed E-state index contributed by atoms with van der Waals surface area (Å²) in [5.41, 5.74) is 3.68. The number of rotatable bonds is 12. The Balaban J connectivity index is 0.00000320. The average molecular weight is 428 g/mol. The molecule has 0 radical (unpaired) electrons. The number of unbranched alkanes of at least 4 members (excludes halogenated alkanes) is 1. The fourth-order valence-electron chi connectivity index (χ4n) is 3.34. The molecular weight excluding hydrogens is 394 g/mol. The highest BCUT2D eigenvalue weighted by atomic mass is 35.5. The summed E-state index contributed by atoms with van der Waals surface area (Å²) in [6.45, 7) is 8.29. The van der Waals surface area contributed by atoms with Crippen molar-refractivity contribution in [3.05, 3.63) is 77.4 Å². The van der Waals surface area contributed by atoms with E-state index in [-0.39, 0.29) is 12.4 Å². The molecule has 0 amide bonds. The van der Waals surface area contributed by atoms with Crippen LogP contribution >= 0.6 is 12.4 Å². The van der Waals surface area contributed by atoms with Gasteiger partial charge in [0, 0.05) is 25.3 Å². The molecule has 3 aromatic carbocycles. The Morgan fingerprint density at radius 3 is 2.43 bits per heavy atom. The van der Waals surface area contributed by atoms with Gasteiger partial charge in [0.15, 0.2) is 0 Å². The third kappa shape index (κ3) is 7.32. The van der Waals surface area contributed by atoms with Crippen molar-refractivity contribution in [1.29, 1.82) is 0 Å². The van der Waals surface area contributed by atoms with Gasteiger partial charge in [-0.1, -0.05) is 73.5 Å². The number of fused-ring (bicyclic) bond motifs is 1. The van der Waals surface area contributed by atoms with Gasteiger partial charge in [0.25, 0.3) is 0 Å². The van der Waals surface area contributed by atoms with E-state index in [0.29, 0.717) is 6.61 Å². The first-order valence-corrected chi connectivity index (χ1v) is 10.8. The summed E-state index contributed by atoms with van der Waals surface area (Å²) in [5.74, 6) is 0.955. The van der Waals surface area contributed by atoms with E-state index in [1.165, 1.54) is 33.9 Å². The van der Waals surface area contributed by atoms with Crippen LogP contribution in [0.1, 0.15) is 42.9 Å². The van der Waals surface area contributed by atoms with Crippen molar-refractivity contribution in [3.63, 3.8) is 0 Å². The average Bonchev–Trinajstić information content (AvgIpc) is 2.75. The number of nitrogens with one attached hydrogen (secondary N) is 1. The van der Waals surface area contributed by atoms with Gasteiger partial charge in [-0.15, -0.1) is 12.4 Å². The largest absolute Gasteiger partial charge is 0.489 e. The van der Waals surface area contributed by atoms with Gasteiger partial charge in [-0.2, -0.15) is 0 Å². The van der Waals surface area contributed by atoms with Crippen LogP contribution in [-0.2, 0) is 17.9 Å². The highest BCUT2D eigenvalue weighted by Gasteiger charge is 2.09. The molecule has 0 aliphatic carbocycles. The maximum Gasteiger partial charge on any atom is 0.124 e. The van der Waals surface area contributed by atoms with E-state index in [1.807, 2.05) is 0 Å². The molecule has 3 rings (SSSR count). The van der Waals surface area contributed by atoms with Crippen molar-refractivity contribution in [2.75, 3.05) is 19.8 Å².